The quantitative estimate of drug-likeness (QED) is 0.512. The van der Waals surface area contributed by atoms with Gasteiger partial charge in [-0.05, 0) is 6.42 Å². The van der Waals surface area contributed by atoms with Crippen molar-refractivity contribution in [2.75, 3.05) is 5.75 Å². The number of hydrogen-bond acceptors (Lipinski definition) is 4. The molecule has 0 aromatic heterocycles. The van der Waals surface area contributed by atoms with Crippen LogP contribution >= 0.6 is 0 Å². The van der Waals surface area contributed by atoms with Crippen LogP contribution in [-0.4, -0.2) is 27.1 Å². The fourth-order valence-corrected chi connectivity index (χ4v) is 2.26. The molecule has 11 heavy (non-hydrogen) atoms. The monoisotopic (exact) mass is 202 g/mol. The van der Waals surface area contributed by atoms with Crippen molar-refractivity contribution in [3.05, 3.63) is 0 Å². The van der Waals surface area contributed by atoms with E-state index in [1.54, 1.807) is 6.92 Å². The molecule has 0 aliphatic rings. The summed E-state index contributed by atoms with van der Waals surface area (Å²) in [6, 6.07) is 0. The topological polar surface area (TPSA) is 88.5 Å². The Balaban J connectivity index is 4.53. The molecular weight excluding hydrogens is 192 g/mol. The molecule has 7 heteroatoms. The molecule has 0 rings (SSSR count). The van der Waals surface area contributed by atoms with Crippen molar-refractivity contribution >= 4 is 18.0 Å². The molecule has 0 saturated heterocycles. The van der Waals surface area contributed by atoms with Crippen molar-refractivity contribution in [3.8, 4) is 0 Å². The van der Waals surface area contributed by atoms with Crippen LogP contribution in [0.25, 0.3) is 0 Å². The second kappa shape index (κ2) is 3.51. The first-order valence-electron chi connectivity index (χ1n) is 3.01. The minimum atomic E-state index is -4.90. The molecule has 0 radical (unpaired) electrons. The van der Waals surface area contributed by atoms with Crippen molar-refractivity contribution in [1.82, 2.24) is 0 Å². The largest absolute Gasteiger partial charge is 0.372 e. The van der Waals surface area contributed by atoms with Gasteiger partial charge in [-0.15, -0.1) is 0 Å². The van der Waals surface area contributed by atoms with Crippen LogP contribution in [0.2, 0.25) is 0 Å². The maximum Gasteiger partial charge on any atom is 0.372 e. The Bertz CT molecular complexity index is 297. The first-order chi connectivity index (χ1) is 4.81. The molecule has 0 aromatic carbocycles. The summed E-state index contributed by atoms with van der Waals surface area (Å²) in [6.07, 6.45) is 0.802. The first kappa shape index (κ1) is 10.9. The summed E-state index contributed by atoms with van der Waals surface area (Å²) < 4.78 is 49.6. The van der Waals surface area contributed by atoms with E-state index in [4.69, 9.17) is 4.55 Å². The molecule has 0 aliphatic heterocycles. The standard InChI is InChI=1S/C4H10O5S2/c1-2-3-4-10(5,6)11(7,8)9/h2-4H2,1H3,(H,7,8,9). The van der Waals surface area contributed by atoms with Gasteiger partial charge in [-0.3, -0.25) is 4.55 Å². The molecule has 0 saturated carbocycles. The zero-order valence-electron chi connectivity index (χ0n) is 6.02. The van der Waals surface area contributed by atoms with E-state index in [2.05, 4.69) is 0 Å². The number of unbranched alkanes of at least 4 members (excludes halogenated alkanes) is 1. The fraction of sp³-hybridized carbons (Fsp3) is 1.00. The second-order valence-corrected chi connectivity index (χ2v) is 7.21. The fourth-order valence-electron chi connectivity index (χ4n) is 0.426. The van der Waals surface area contributed by atoms with Gasteiger partial charge in [0.25, 0.3) is 8.87 Å². The van der Waals surface area contributed by atoms with Gasteiger partial charge < -0.3 is 0 Å². The lowest BCUT2D eigenvalue weighted by atomic mass is 10.4. The van der Waals surface area contributed by atoms with Gasteiger partial charge in [0.1, 0.15) is 0 Å². The SMILES string of the molecule is CCCCS(=O)(=O)S(=O)(=O)O. The zero-order chi connectivity index (χ0) is 9.12. The molecule has 0 aliphatic carbocycles. The summed E-state index contributed by atoms with van der Waals surface area (Å²) in [4.78, 5) is 0. The number of hydrogen-bond donors (Lipinski definition) is 1. The predicted molar refractivity (Wildman–Crippen MR) is 40.2 cm³/mol. The summed E-state index contributed by atoms with van der Waals surface area (Å²) in [5.74, 6) is -0.512. The van der Waals surface area contributed by atoms with Crippen molar-refractivity contribution in [1.29, 1.82) is 0 Å². The molecule has 68 valence electrons. The zero-order valence-corrected chi connectivity index (χ0v) is 7.65. The van der Waals surface area contributed by atoms with Gasteiger partial charge in [0.15, 0.2) is 0 Å². The molecule has 0 aromatic rings. The Morgan fingerprint density at radius 2 is 1.64 bits per heavy atom. The third kappa shape index (κ3) is 3.17. The average molecular weight is 202 g/mol. The van der Waals surface area contributed by atoms with E-state index in [0.29, 0.717) is 6.42 Å². The highest BCUT2D eigenvalue weighted by Crippen LogP contribution is 2.03. The highest BCUT2D eigenvalue weighted by molar-refractivity contribution is 8.64. The van der Waals surface area contributed by atoms with Crippen LogP contribution in [0.3, 0.4) is 0 Å². The van der Waals surface area contributed by atoms with Gasteiger partial charge in [-0.25, -0.2) is 8.42 Å². The number of rotatable bonds is 4. The lowest BCUT2D eigenvalue weighted by Gasteiger charge is -1.96. The summed E-state index contributed by atoms with van der Waals surface area (Å²) in [6.45, 7) is 1.72. The van der Waals surface area contributed by atoms with Crippen LogP contribution in [0.5, 0.6) is 0 Å². The van der Waals surface area contributed by atoms with Crippen LogP contribution in [0.4, 0.5) is 0 Å². The molecule has 0 fully saturated rings. The summed E-state index contributed by atoms with van der Waals surface area (Å²) in [7, 11) is -9.23. The van der Waals surface area contributed by atoms with Crippen molar-refractivity contribution in [2.45, 2.75) is 19.8 Å². The third-order valence-electron chi connectivity index (χ3n) is 1.07. The van der Waals surface area contributed by atoms with Crippen LogP contribution in [-0.2, 0) is 18.0 Å². The van der Waals surface area contributed by atoms with E-state index in [0.717, 1.165) is 0 Å². The molecule has 0 atom stereocenters. The van der Waals surface area contributed by atoms with E-state index in [1.165, 1.54) is 0 Å². The van der Waals surface area contributed by atoms with Gasteiger partial charge in [-0.1, -0.05) is 13.3 Å². The van der Waals surface area contributed by atoms with E-state index < -0.39 is 23.8 Å². The Labute approximate surface area is 65.5 Å². The lowest BCUT2D eigenvalue weighted by Crippen LogP contribution is -2.17. The third-order valence-corrected chi connectivity index (χ3v) is 4.92. The molecule has 5 nitrogen and oxygen atoms in total. The average Bonchev–Trinajstić information content (AvgIpc) is 1.81. The molecule has 1 N–H and O–H groups in total. The Kier molecular flexibility index (Phi) is 3.46. The maximum absolute atomic E-state index is 10.6. The van der Waals surface area contributed by atoms with Crippen LogP contribution in [0.15, 0.2) is 0 Å². The predicted octanol–water partition coefficient (Wildman–Crippen LogP) is 0.00410. The Morgan fingerprint density at radius 3 is 1.91 bits per heavy atom. The highest BCUT2D eigenvalue weighted by atomic mass is 33.2. The van der Waals surface area contributed by atoms with Gasteiger partial charge in [-0.2, -0.15) is 8.42 Å². The van der Waals surface area contributed by atoms with Crippen LogP contribution in [0, 0.1) is 0 Å². The smallest absolute Gasteiger partial charge is 0.274 e. The summed E-state index contributed by atoms with van der Waals surface area (Å²) in [5.41, 5.74) is 0. The Hall–Kier alpha value is -0.140. The van der Waals surface area contributed by atoms with E-state index >= 15 is 0 Å². The maximum atomic E-state index is 10.6. The summed E-state index contributed by atoms with van der Waals surface area (Å²) in [5, 5.41) is 0. The lowest BCUT2D eigenvalue weighted by molar-refractivity contribution is 0.492. The van der Waals surface area contributed by atoms with Gasteiger partial charge in [0.05, 0.1) is 5.75 Å². The van der Waals surface area contributed by atoms with E-state index in [1.807, 2.05) is 0 Å². The molecule has 0 amide bonds. The van der Waals surface area contributed by atoms with Crippen molar-refractivity contribution in [2.24, 2.45) is 0 Å². The molecular formula is C4H10O5S2. The van der Waals surface area contributed by atoms with Crippen molar-refractivity contribution in [3.63, 3.8) is 0 Å². The first-order valence-corrected chi connectivity index (χ1v) is 6.62. The summed E-state index contributed by atoms with van der Waals surface area (Å²) >= 11 is 0. The van der Waals surface area contributed by atoms with Crippen LogP contribution in [0.1, 0.15) is 19.8 Å². The molecule has 0 bridgehead atoms. The normalized spacial score (nSPS) is 13.3. The second-order valence-electron chi connectivity index (χ2n) is 2.04. The molecule has 0 spiro atoms. The van der Waals surface area contributed by atoms with Gasteiger partial charge in [0.2, 0.25) is 0 Å². The minimum absolute atomic E-state index is 0.238. The minimum Gasteiger partial charge on any atom is -0.274 e. The van der Waals surface area contributed by atoms with Crippen LogP contribution < -0.4 is 0 Å². The Morgan fingerprint density at radius 1 is 1.18 bits per heavy atom. The van der Waals surface area contributed by atoms with E-state index in [-0.39, 0.29) is 6.42 Å². The molecule has 0 unspecified atom stereocenters. The highest BCUT2D eigenvalue weighted by Gasteiger charge is 2.25. The van der Waals surface area contributed by atoms with Crippen molar-refractivity contribution < 1.29 is 21.4 Å². The van der Waals surface area contributed by atoms with Gasteiger partial charge >= 0.3 is 9.15 Å². The van der Waals surface area contributed by atoms with Gasteiger partial charge in [0, 0.05) is 0 Å². The van der Waals surface area contributed by atoms with E-state index in [9.17, 15) is 16.8 Å². The molecule has 0 heterocycles.